The molecule has 0 spiro atoms. The van der Waals surface area contributed by atoms with Gasteiger partial charge in [0.15, 0.2) is 0 Å². The Morgan fingerprint density at radius 2 is 2.11 bits per heavy atom. The van der Waals surface area contributed by atoms with Gasteiger partial charge in [-0.25, -0.2) is 4.98 Å². The first kappa shape index (κ1) is 14.9. The van der Waals surface area contributed by atoms with Crippen LogP contribution in [0.15, 0.2) is 12.4 Å². The van der Waals surface area contributed by atoms with E-state index in [9.17, 15) is 0 Å². The van der Waals surface area contributed by atoms with E-state index in [1.165, 1.54) is 17.9 Å². The van der Waals surface area contributed by atoms with Crippen LogP contribution >= 0.6 is 23.5 Å². The van der Waals surface area contributed by atoms with Gasteiger partial charge in [-0.1, -0.05) is 6.92 Å². The van der Waals surface area contributed by atoms with E-state index in [1.54, 1.807) is 19.5 Å². The van der Waals surface area contributed by atoms with Crippen LogP contribution in [-0.4, -0.2) is 46.1 Å². The van der Waals surface area contributed by atoms with Crippen molar-refractivity contribution in [2.45, 2.75) is 29.9 Å². The summed E-state index contributed by atoms with van der Waals surface area (Å²) in [5.41, 5.74) is 0.922. The quantitative estimate of drug-likeness (QED) is 0.901. The Kier molecular flexibility index (Phi) is 5.78. The van der Waals surface area contributed by atoms with E-state index >= 15 is 0 Å². The Bertz CT molecular complexity index is 405. The third kappa shape index (κ3) is 3.35. The zero-order chi connectivity index (χ0) is 13.7. The molecule has 0 radical (unpaired) electrons. The van der Waals surface area contributed by atoms with Gasteiger partial charge in [-0.2, -0.15) is 23.5 Å². The maximum atomic E-state index is 5.36. The van der Waals surface area contributed by atoms with Gasteiger partial charge in [0.1, 0.15) is 5.69 Å². The molecule has 3 atom stereocenters. The number of aromatic nitrogens is 2. The number of nitrogens with zero attached hydrogens (tertiary/aromatic N) is 2. The van der Waals surface area contributed by atoms with E-state index in [-0.39, 0.29) is 6.04 Å². The van der Waals surface area contributed by atoms with Gasteiger partial charge in [0.05, 0.1) is 13.2 Å². The molecule has 1 aliphatic heterocycles. The van der Waals surface area contributed by atoms with Gasteiger partial charge in [-0.05, 0) is 13.5 Å². The van der Waals surface area contributed by atoms with Crippen LogP contribution < -0.4 is 10.1 Å². The Balaban J connectivity index is 2.27. The fourth-order valence-electron chi connectivity index (χ4n) is 2.41. The molecule has 2 heterocycles. The lowest BCUT2D eigenvalue weighted by Crippen LogP contribution is -2.38. The number of methoxy groups -OCH3 is 1. The summed E-state index contributed by atoms with van der Waals surface area (Å²) in [5, 5.41) is 4.58. The standard InChI is InChI=1S/C13H21N3OS2/c1-4-9-12(19-8-7-18-9)10(14-2)11-13(17-3)16-6-5-15-11/h5-6,9-10,12,14H,4,7-8H2,1-3H3. The van der Waals surface area contributed by atoms with Crippen molar-refractivity contribution in [1.29, 1.82) is 0 Å². The van der Waals surface area contributed by atoms with Crippen molar-refractivity contribution in [3.05, 3.63) is 18.1 Å². The SMILES string of the molecule is CCC1SCCSC1C(NC)c1nccnc1OC. The van der Waals surface area contributed by atoms with Gasteiger partial charge in [0, 0.05) is 34.4 Å². The third-order valence-electron chi connectivity index (χ3n) is 3.31. The summed E-state index contributed by atoms with van der Waals surface area (Å²) in [7, 11) is 3.64. The van der Waals surface area contributed by atoms with E-state index in [2.05, 4.69) is 34.0 Å². The molecular formula is C13H21N3OS2. The van der Waals surface area contributed by atoms with E-state index < -0.39 is 0 Å². The van der Waals surface area contributed by atoms with E-state index in [1.807, 2.05) is 18.8 Å². The van der Waals surface area contributed by atoms with Crippen LogP contribution in [0.25, 0.3) is 0 Å². The highest BCUT2D eigenvalue weighted by Gasteiger charge is 2.34. The van der Waals surface area contributed by atoms with Crippen LogP contribution in [0.2, 0.25) is 0 Å². The Hall–Kier alpha value is -0.460. The zero-order valence-electron chi connectivity index (χ0n) is 11.6. The van der Waals surface area contributed by atoms with Crippen molar-refractivity contribution in [2.75, 3.05) is 25.7 Å². The molecule has 1 aromatic rings. The minimum atomic E-state index is 0.186. The van der Waals surface area contributed by atoms with E-state index in [4.69, 9.17) is 4.74 Å². The summed E-state index contributed by atoms with van der Waals surface area (Å²) in [6.07, 6.45) is 4.60. The molecule has 3 unspecified atom stereocenters. The molecule has 6 heteroatoms. The van der Waals surface area contributed by atoms with Gasteiger partial charge in [-0.15, -0.1) is 0 Å². The molecule has 0 bridgehead atoms. The maximum Gasteiger partial charge on any atom is 0.237 e. The van der Waals surface area contributed by atoms with Gasteiger partial charge in [0.2, 0.25) is 5.88 Å². The highest BCUT2D eigenvalue weighted by Crippen LogP contribution is 2.40. The van der Waals surface area contributed by atoms with E-state index in [0.29, 0.717) is 16.4 Å². The van der Waals surface area contributed by atoms with Crippen LogP contribution in [-0.2, 0) is 0 Å². The fraction of sp³-hybridized carbons (Fsp3) is 0.692. The molecule has 2 rings (SSSR count). The lowest BCUT2D eigenvalue weighted by molar-refractivity contribution is 0.377. The molecule has 1 N–H and O–H groups in total. The van der Waals surface area contributed by atoms with Crippen molar-refractivity contribution in [1.82, 2.24) is 15.3 Å². The first-order valence-electron chi connectivity index (χ1n) is 6.57. The minimum Gasteiger partial charge on any atom is -0.480 e. The second-order valence-electron chi connectivity index (χ2n) is 4.37. The number of hydrogen-bond acceptors (Lipinski definition) is 6. The molecule has 0 saturated carbocycles. The largest absolute Gasteiger partial charge is 0.480 e. The zero-order valence-corrected chi connectivity index (χ0v) is 13.3. The number of hydrogen-bond donors (Lipinski definition) is 1. The average Bonchev–Trinajstić information content (AvgIpc) is 2.49. The number of rotatable bonds is 5. The summed E-state index contributed by atoms with van der Waals surface area (Å²) in [6, 6.07) is 0.186. The number of ether oxygens (including phenoxy) is 1. The number of nitrogens with one attached hydrogen (secondary N) is 1. The minimum absolute atomic E-state index is 0.186. The maximum absolute atomic E-state index is 5.36. The monoisotopic (exact) mass is 299 g/mol. The summed E-state index contributed by atoms with van der Waals surface area (Å²) < 4.78 is 5.36. The predicted octanol–water partition coefficient (Wildman–Crippen LogP) is 2.37. The van der Waals surface area contributed by atoms with Gasteiger partial charge < -0.3 is 10.1 Å². The van der Waals surface area contributed by atoms with Gasteiger partial charge >= 0.3 is 0 Å². The van der Waals surface area contributed by atoms with E-state index in [0.717, 1.165) is 5.69 Å². The average molecular weight is 299 g/mol. The van der Waals surface area contributed by atoms with Crippen molar-refractivity contribution < 1.29 is 4.74 Å². The fourth-order valence-corrected chi connectivity index (χ4v) is 5.67. The summed E-state index contributed by atoms with van der Waals surface area (Å²) >= 11 is 4.11. The summed E-state index contributed by atoms with van der Waals surface area (Å²) in [6.45, 7) is 2.26. The summed E-state index contributed by atoms with van der Waals surface area (Å²) in [4.78, 5) is 8.76. The Morgan fingerprint density at radius 1 is 1.37 bits per heavy atom. The smallest absolute Gasteiger partial charge is 0.237 e. The van der Waals surface area contributed by atoms with Gasteiger partial charge in [0.25, 0.3) is 0 Å². The van der Waals surface area contributed by atoms with Crippen LogP contribution in [0.5, 0.6) is 5.88 Å². The van der Waals surface area contributed by atoms with Crippen LogP contribution in [0.4, 0.5) is 0 Å². The third-order valence-corrected chi connectivity index (χ3v) is 6.66. The van der Waals surface area contributed by atoms with Crippen LogP contribution in [0.3, 0.4) is 0 Å². The van der Waals surface area contributed by atoms with Crippen molar-refractivity contribution >= 4 is 23.5 Å². The molecule has 19 heavy (non-hydrogen) atoms. The topological polar surface area (TPSA) is 47.0 Å². The van der Waals surface area contributed by atoms with Crippen LogP contribution in [0, 0.1) is 0 Å². The number of thioether (sulfide) groups is 2. The first-order valence-corrected chi connectivity index (χ1v) is 8.66. The lowest BCUT2D eigenvalue weighted by Gasteiger charge is -2.35. The normalized spacial score (nSPS) is 25.0. The Morgan fingerprint density at radius 3 is 2.79 bits per heavy atom. The second kappa shape index (κ2) is 7.36. The molecule has 1 fully saturated rings. The van der Waals surface area contributed by atoms with Crippen molar-refractivity contribution in [2.24, 2.45) is 0 Å². The van der Waals surface area contributed by atoms with Crippen molar-refractivity contribution in [3.63, 3.8) is 0 Å². The molecule has 106 valence electrons. The Labute approximate surface area is 123 Å². The first-order chi connectivity index (χ1) is 9.31. The molecule has 1 aliphatic rings. The molecule has 0 amide bonds. The van der Waals surface area contributed by atoms with Crippen LogP contribution in [0.1, 0.15) is 25.1 Å². The van der Waals surface area contributed by atoms with Gasteiger partial charge in [-0.3, -0.25) is 4.98 Å². The molecule has 1 aromatic heterocycles. The predicted molar refractivity (Wildman–Crippen MR) is 83.2 cm³/mol. The molecule has 0 aromatic carbocycles. The molecule has 1 saturated heterocycles. The lowest BCUT2D eigenvalue weighted by atomic mass is 10.1. The highest BCUT2D eigenvalue weighted by atomic mass is 32.2. The summed E-state index contributed by atoms with van der Waals surface area (Å²) in [5.74, 6) is 3.08. The molecule has 4 nitrogen and oxygen atoms in total. The van der Waals surface area contributed by atoms with Crippen molar-refractivity contribution in [3.8, 4) is 5.88 Å². The highest BCUT2D eigenvalue weighted by molar-refractivity contribution is 8.07. The molecular weight excluding hydrogens is 278 g/mol. The molecule has 0 aliphatic carbocycles. The second-order valence-corrected chi connectivity index (χ2v) is 7.00.